The Hall–Kier alpha value is -1.06. The van der Waals surface area contributed by atoms with Crippen molar-refractivity contribution in [1.29, 1.82) is 0 Å². The number of carbonyl (C=O) groups is 1. The molecule has 0 aliphatic carbocycles. The molecule has 0 fully saturated rings. The van der Waals surface area contributed by atoms with Crippen LogP contribution >= 0.6 is 23.1 Å². The van der Waals surface area contributed by atoms with Crippen LogP contribution < -0.4 is 0 Å². The summed E-state index contributed by atoms with van der Waals surface area (Å²) in [7, 11) is 0. The first-order valence-corrected chi connectivity index (χ1v) is 8.89. The van der Waals surface area contributed by atoms with Crippen LogP contribution in [0.15, 0.2) is 24.3 Å². The van der Waals surface area contributed by atoms with Crippen molar-refractivity contribution in [3.8, 4) is 0 Å². The summed E-state index contributed by atoms with van der Waals surface area (Å²) in [5, 5.41) is 0. The highest BCUT2D eigenvalue weighted by molar-refractivity contribution is 7.98. The zero-order chi connectivity index (χ0) is 14.1. The summed E-state index contributed by atoms with van der Waals surface area (Å²) in [6.07, 6.45) is 1.65. The van der Waals surface area contributed by atoms with Crippen molar-refractivity contribution in [2.24, 2.45) is 0 Å². The molecule has 0 unspecified atom stereocenters. The Morgan fingerprint density at radius 2 is 2.10 bits per heavy atom. The monoisotopic (exact) mass is 302 g/mol. The van der Waals surface area contributed by atoms with Crippen LogP contribution in [0.5, 0.6) is 0 Å². The van der Waals surface area contributed by atoms with Gasteiger partial charge in [-0.25, -0.2) is 0 Å². The fourth-order valence-corrected chi connectivity index (χ4v) is 4.85. The number of hydrogen-bond donors (Lipinski definition) is 0. The summed E-state index contributed by atoms with van der Waals surface area (Å²) in [5.74, 6) is 2.53. The van der Waals surface area contributed by atoms with Crippen LogP contribution in [0.4, 0.5) is 0 Å². The third-order valence-corrected chi connectivity index (χ3v) is 6.04. The molecule has 1 aliphatic rings. The summed E-state index contributed by atoms with van der Waals surface area (Å²) in [5.41, 5.74) is 4.98. The third kappa shape index (κ3) is 2.84. The number of carbonyl (C=O) groups excluding carboxylic acids is 1. The first kappa shape index (κ1) is 13.9. The van der Waals surface area contributed by atoms with Gasteiger partial charge in [-0.2, -0.15) is 11.8 Å². The average Bonchev–Trinajstić information content (AvgIpc) is 2.87. The maximum absolute atomic E-state index is 12.5. The largest absolute Gasteiger partial charge is 0.293 e. The van der Waals surface area contributed by atoms with Gasteiger partial charge in [0.25, 0.3) is 0 Å². The van der Waals surface area contributed by atoms with Crippen molar-refractivity contribution in [2.45, 2.75) is 32.4 Å². The Kier molecular flexibility index (Phi) is 3.99. The number of fused-ring (bicyclic) bond motifs is 1. The Morgan fingerprint density at radius 3 is 2.90 bits per heavy atom. The quantitative estimate of drug-likeness (QED) is 0.772. The molecule has 20 heavy (non-hydrogen) atoms. The molecule has 2 heterocycles. The Morgan fingerprint density at radius 1 is 1.25 bits per heavy atom. The van der Waals surface area contributed by atoms with Crippen LogP contribution in [0, 0.1) is 13.8 Å². The number of aryl methyl sites for hydroxylation is 3. The first-order valence-electron chi connectivity index (χ1n) is 6.92. The molecule has 3 heteroatoms. The minimum atomic E-state index is 0.267. The molecule has 0 N–H and O–H groups in total. The topological polar surface area (TPSA) is 17.1 Å². The van der Waals surface area contributed by atoms with Gasteiger partial charge in [-0.1, -0.05) is 23.8 Å². The molecule has 1 aromatic heterocycles. The van der Waals surface area contributed by atoms with Crippen LogP contribution in [-0.4, -0.2) is 11.5 Å². The minimum Gasteiger partial charge on any atom is -0.293 e. The molecular formula is C17H18OS2. The molecule has 0 saturated heterocycles. The van der Waals surface area contributed by atoms with E-state index in [1.807, 2.05) is 11.8 Å². The molecule has 0 spiro atoms. The molecule has 104 valence electrons. The van der Waals surface area contributed by atoms with Crippen molar-refractivity contribution in [1.82, 2.24) is 0 Å². The van der Waals surface area contributed by atoms with Gasteiger partial charge < -0.3 is 0 Å². The van der Waals surface area contributed by atoms with Crippen LogP contribution in [0.3, 0.4) is 0 Å². The molecule has 1 aromatic carbocycles. The van der Waals surface area contributed by atoms with Crippen LogP contribution in [0.1, 0.15) is 36.8 Å². The second-order valence-corrected chi connectivity index (χ2v) is 7.63. The number of benzene rings is 1. The minimum absolute atomic E-state index is 0.267. The molecular weight excluding hydrogens is 284 g/mol. The lowest BCUT2D eigenvalue weighted by Crippen LogP contribution is -2.03. The number of thiophene rings is 1. The maximum Gasteiger partial charge on any atom is 0.177 e. The van der Waals surface area contributed by atoms with E-state index < -0.39 is 0 Å². The van der Waals surface area contributed by atoms with E-state index in [1.165, 1.54) is 27.3 Å². The number of ketones is 1. The highest BCUT2D eigenvalue weighted by Gasteiger charge is 2.18. The zero-order valence-electron chi connectivity index (χ0n) is 11.9. The molecule has 0 bridgehead atoms. The predicted octanol–water partition coefficient (Wildman–Crippen LogP) is 4.58. The molecule has 0 radical (unpaired) electrons. The molecule has 3 rings (SSSR count). The third-order valence-electron chi connectivity index (χ3n) is 3.76. The Balaban J connectivity index is 1.82. The van der Waals surface area contributed by atoms with E-state index in [9.17, 15) is 4.79 Å². The van der Waals surface area contributed by atoms with Gasteiger partial charge in [0, 0.05) is 17.1 Å². The van der Waals surface area contributed by atoms with Crippen LogP contribution in [0.25, 0.3) is 0 Å². The normalized spacial score (nSPS) is 14.1. The fourth-order valence-electron chi connectivity index (χ4n) is 2.54. The van der Waals surface area contributed by atoms with Gasteiger partial charge in [0.05, 0.1) is 4.88 Å². The lowest BCUT2D eigenvalue weighted by Gasteiger charge is -2.08. The second kappa shape index (κ2) is 5.74. The summed E-state index contributed by atoms with van der Waals surface area (Å²) < 4.78 is 0. The smallest absolute Gasteiger partial charge is 0.177 e. The summed E-state index contributed by atoms with van der Waals surface area (Å²) in [4.78, 5) is 14.9. The van der Waals surface area contributed by atoms with E-state index in [0.717, 1.165) is 22.6 Å². The number of rotatable bonds is 3. The fraction of sp³-hybridized carbons (Fsp3) is 0.353. The molecule has 0 saturated carbocycles. The van der Waals surface area contributed by atoms with Crippen LogP contribution in [-0.2, 0) is 18.6 Å². The van der Waals surface area contributed by atoms with Crippen molar-refractivity contribution in [3.05, 3.63) is 56.3 Å². The van der Waals surface area contributed by atoms with Gasteiger partial charge in [-0.15, -0.1) is 11.3 Å². The van der Waals surface area contributed by atoms with E-state index >= 15 is 0 Å². The van der Waals surface area contributed by atoms with Crippen molar-refractivity contribution < 1.29 is 4.79 Å². The van der Waals surface area contributed by atoms with Gasteiger partial charge in [0.1, 0.15) is 0 Å². The van der Waals surface area contributed by atoms with Crippen LogP contribution in [0.2, 0.25) is 0 Å². The first-order chi connectivity index (χ1) is 9.63. The van der Waals surface area contributed by atoms with Gasteiger partial charge >= 0.3 is 0 Å². The molecule has 2 aromatic rings. The van der Waals surface area contributed by atoms with Crippen molar-refractivity contribution in [3.63, 3.8) is 0 Å². The van der Waals surface area contributed by atoms with E-state index in [4.69, 9.17) is 0 Å². The lowest BCUT2D eigenvalue weighted by atomic mass is 10.0. The average molecular weight is 302 g/mol. The van der Waals surface area contributed by atoms with Gasteiger partial charge in [-0.05, 0) is 48.8 Å². The van der Waals surface area contributed by atoms with Crippen molar-refractivity contribution in [2.75, 3.05) is 5.75 Å². The van der Waals surface area contributed by atoms with Gasteiger partial charge in [0.15, 0.2) is 5.78 Å². The number of Topliss-reactive ketones (excluding diaryl/α,β-unsaturated/α-hetero) is 1. The standard InChI is InChI=1S/C17H18OS2/c1-11-3-4-12(2)13(7-11)8-15(18)17-9-14-10-19-6-5-16(14)20-17/h3-4,7,9H,5-6,8,10H2,1-2H3. The van der Waals surface area contributed by atoms with Gasteiger partial charge in [-0.3, -0.25) is 4.79 Å². The number of thioether (sulfide) groups is 1. The number of hydrogen-bond acceptors (Lipinski definition) is 3. The molecule has 1 nitrogen and oxygen atoms in total. The molecule has 0 atom stereocenters. The summed E-state index contributed by atoms with van der Waals surface area (Å²) in [6.45, 7) is 4.16. The van der Waals surface area contributed by atoms with E-state index in [2.05, 4.69) is 38.1 Å². The summed E-state index contributed by atoms with van der Waals surface area (Å²) >= 11 is 3.68. The van der Waals surface area contributed by atoms with E-state index in [0.29, 0.717) is 6.42 Å². The molecule has 1 aliphatic heterocycles. The van der Waals surface area contributed by atoms with Gasteiger partial charge in [0.2, 0.25) is 0 Å². The lowest BCUT2D eigenvalue weighted by molar-refractivity contribution is 0.0996. The SMILES string of the molecule is Cc1ccc(C)c(CC(=O)c2cc3c(s2)CCSC3)c1. The summed E-state index contributed by atoms with van der Waals surface area (Å²) in [6, 6.07) is 8.47. The highest BCUT2D eigenvalue weighted by atomic mass is 32.2. The Bertz CT molecular complexity index is 632. The predicted molar refractivity (Wildman–Crippen MR) is 88.1 cm³/mol. The Labute approximate surface area is 128 Å². The zero-order valence-corrected chi connectivity index (χ0v) is 13.5. The highest BCUT2D eigenvalue weighted by Crippen LogP contribution is 2.32. The van der Waals surface area contributed by atoms with Crippen molar-refractivity contribution >= 4 is 28.9 Å². The van der Waals surface area contributed by atoms with E-state index in [1.54, 1.807) is 11.3 Å². The maximum atomic E-state index is 12.5. The van der Waals surface area contributed by atoms with E-state index in [-0.39, 0.29) is 5.78 Å². The molecule has 0 amide bonds. The second-order valence-electron chi connectivity index (χ2n) is 5.39.